The van der Waals surface area contributed by atoms with Crippen molar-refractivity contribution in [3.63, 3.8) is 0 Å². The molecule has 2 atom stereocenters. The van der Waals surface area contributed by atoms with Gasteiger partial charge in [0.2, 0.25) is 0 Å². The van der Waals surface area contributed by atoms with Crippen molar-refractivity contribution in [1.82, 2.24) is 4.90 Å². The Morgan fingerprint density at radius 1 is 1.45 bits per heavy atom. The summed E-state index contributed by atoms with van der Waals surface area (Å²) in [4.78, 5) is 2.39. The van der Waals surface area contributed by atoms with Crippen LogP contribution in [0.2, 0.25) is 0 Å². The molecule has 1 aromatic rings. The summed E-state index contributed by atoms with van der Waals surface area (Å²) >= 11 is 0. The fourth-order valence-corrected chi connectivity index (χ4v) is 2.82. The molecule has 4 heteroatoms. The quantitative estimate of drug-likeness (QED) is 0.900. The van der Waals surface area contributed by atoms with E-state index in [-0.39, 0.29) is 11.9 Å². The third kappa shape index (κ3) is 3.93. The monoisotopic (exact) mass is 280 g/mol. The van der Waals surface area contributed by atoms with Crippen LogP contribution in [0.5, 0.6) is 5.75 Å². The van der Waals surface area contributed by atoms with E-state index in [4.69, 9.17) is 10.5 Å². The number of piperidine rings is 1. The largest absolute Gasteiger partial charge is 0.493 e. The van der Waals surface area contributed by atoms with E-state index in [0.29, 0.717) is 18.4 Å². The molecule has 3 nitrogen and oxygen atoms in total. The molecule has 0 radical (unpaired) electrons. The van der Waals surface area contributed by atoms with Gasteiger partial charge in [0.1, 0.15) is 11.6 Å². The predicted molar refractivity (Wildman–Crippen MR) is 79.4 cm³/mol. The number of hydrogen-bond acceptors (Lipinski definition) is 3. The Morgan fingerprint density at radius 2 is 2.25 bits per heavy atom. The second-order valence-electron chi connectivity index (χ2n) is 5.74. The van der Waals surface area contributed by atoms with Gasteiger partial charge in [-0.2, -0.15) is 0 Å². The van der Waals surface area contributed by atoms with E-state index >= 15 is 0 Å². The standard InChI is InChI=1S/C16H25FN2O/c1-12(18)15-7-6-13(17)11-16(15)20-10-8-14-5-3-4-9-19(14)2/h6-7,11-12,14H,3-5,8-10,18H2,1-2H3/t12-,14?/m1/s1. The molecule has 20 heavy (non-hydrogen) atoms. The Balaban J connectivity index is 1.91. The van der Waals surface area contributed by atoms with Crippen molar-refractivity contribution >= 4 is 0 Å². The minimum Gasteiger partial charge on any atom is -0.493 e. The van der Waals surface area contributed by atoms with Gasteiger partial charge in [-0.1, -0.05) is 12.5 Å². The maximum absolute atomic E-state index is 13.3. The number of hydrogen-bond donors (Lipinski definition) is 1. The lowest BCUT2D eigenvalue weighted by molar-refractivity contribution is 0.152. The number of ether oxygens (including phenoxy) is 1. The zero-order valence-electron chi connectivity index (χ0n) is 12.4. The van der Waals surface area contributed by atoms with Gasteiger partial charge in [0.15, 0.2) is 0 Å². The van der Waals surface area contributed by atoms with Crippen LogP contribution in [-0.4, -0.2) is 31.1 Å². The van der Waals surface area contributed by atoms with Crippen molar-refractivity contribution in [2.45, 2.75) is 44.7 Å². The van der Waals surface area contributed by atoms with Gasteiger partial charge in [-0.3, -0.25) is 0 Å². The minimum absolute atomic E-state index is 0.150. The number of nitrogens with zero attached hydrogens (tertiary/aromatic N) is 1. The minimum atomic E-state index is -0.279. The molecule has 1 aliphatic rings. The van der Waals surface area contributed by atoms with Crippen LogP contribution in [-0.2, 0) is 0 Å². The smallest absolute Gasteiger partial charge is 0.126 e. The molecule has 0 aliphatic carbocycles. The van der Waals surface area contributed by atoms with Crippen LogP contribution in [0.15, 0.2) is 18.2 Å². The number of likely N-dealkylation sites (tertiary alicyclic amines) is 1. The molecule has 1 aromatic carbocycles. The molecule has 0 spiro atoms. The second-order valence-corrected chi connectivity index (χ2v) is 5.74. The van der Waals surface area contributed by atoms with Crippen LogP contribution in [0.25, 0.3) is 0 Å². The van der Waals surface area contributed by atoms with E-state index < -0.39 is 0 Å². The van der Waals surface area contributed by atoms with Crippen molar-refractivity contribution in [2.75, 3.05) is 20.2 Å². The van der Waals surface area contributed by atoms with Crippen LogP contribution in [0, 0.1) is 5.82 Å². The zero-order chi connectivity index (χ0) is 14.5. The summed E-state index contributed by atoms with van der Waals surface area (Å²) in [6.45, 7) is 3.66. The van der Waals surface area contributed by atoms with E-state index in [1.54, 1.807) is 6.07 Å². The third-order valence-electron chi connectivity index (χ3n) is 4.10. The van der Waals surface area contributed by atoms with Gasteiger partial charge in [-0.15, -0.1) is 0 Å². The topological polar surface area (TPSA) is 38.5 Å². The van der Waals surface area contributed by atoms with E-state index in [9.17, 15) is 4.39 Å². The molecule has 1 aliphatic heterocycles. The SMILES string of the molecule is C[C@@H](N)c1ccc(F)cc1OCCC1CCCCN1C. The predicted octanol–water partition coefficient (Wildman–Crippen LogP) is 3.10. The molecule has 2 N–H and O–H groups in total. The first-order valence-corrected chi connectivity index (χ1v) is 7.46. The van der Waals surface area contributed by atoms with Gasteiger partial charge >= 0.3 is 0 Å². The Bertz CT molecular complexity index is 436. The van der Waals surface area contributed by atoms with Gasteiger partial charge in [-0.05, 0) is 45.8 Å². The molecular formula is C16H25FN2O. The highest BCUT2D eigenvalue weighted by Gasteiger charge is 2.19. The number of benzene rings is 1. The van der Waals surface area contributed by atoms with Crippen LogP contribution in [0.4, 0.5) is 4.39 Å². The van der Waals surface area contributed by atoms with Crippen LogP contribution >= 0.6 is 0 Å². The Kier molecular flexibility index (Phi) is 5.38. The summed E-state index contributed by atoms with van der Waals surface area (Å²) in [5, 5.41) is 0. The average Bonchev–Trinajstić information content (AvgIpc) is 2.41. The first kappa shape index (κ1) is 15.3. The summed E-state index contributed by atoms with van der Waals surface area (Å²) in [7, 11) is 2.17. The lowest BCUT2D eigenvalue weighted by atomic mass is 10.0. The van der Waals surface area contributed by atoms with E-state index in [1.807, 2.05) is 6.92 Å². The highest BCUT2D eigenvalue weighted by Crippen LogP contribution is 2.25. The Labute approximate surface area is 120 Å². The van der Waals surface area contributed by atoms with Crippen molar-refractivity contribution in [3.8, 4) is 5.75 Å². The lowest BCUT2D eigenvalue weighted by Gasteiger charge is -2.32. The van der Waals surface area contributed by atoms with E-state index in [2.05, 4.69) is 11.9 Å². The molecule has 0 amide bonds. The Morgan fingerprint density at radius 3 is 2.95 bits per heavy atom. The van der Waals surface area contributed by atoms with Crippen molar-refractivity contribution in [3.05, 3.63) is 29.6 Å². The summed E-state index contributed by atoms with van der Waals surface area (Å²) in [5.74, 6) is 0.303. The molecular weight excluding hydrogens is 255 g/mol. The first-order valence-electron chi connectivity index (χ1n) is 7.46. The van der Waals surface area contributed by atoms with Gasteiger partial charge in [0.05, 0.1) is 6.61 Å². The zero-order valence-corrected chi connectivity index (χ0v) is 12.4. The molecule has 1 unspecified atom stereocenters. The molecule has 1 heterocycles. The number of rotatable bonds is 5. The molecule has 1 fully saturated rings. The van der Waals surface area contributed by atoms with Gasteiger partial charge in [0.25, 0.3) is 0 Å². The summed E-state index contributed by atoms with van der Waals surface area (Å²) in [5.41, 5.74) is 6.75. The van der Waals surface area contributed by atoms with Gasteiger partial charge in [-0.25, -0.2) is 4.39 Å². The molecule has 1 saturated heterocycles. The van der Waals surface area contributed by atoms with E-state index in [1.165, 1.54) is 31.4 Å². The molecule has 0 aromatic heterocycles. The number of nitrogens with two attached hydrogens (primary N) is 1. The molecule has 0 saturated carbocycles. The fourth-order valence-electron chi connectivity index (χ4n) is 2.82. The maximum Gasteiger partial charge on any atom is 0.126 e. The lowest BCUT2D eigenvalue weighted by Crippen LogP contribution is -2.37. The summed E-state index contributed by atoms with van der Waals surface area (Å²) in [6.07, 6.45) is 4.78. The molecule has 0 bridgehead atoms. The Hall–Kier alpha value is -1.13. The first-order chi connectivity index (χ1) is 9.58. The van der Waals surface area contributed by atoms with Crippen molar-refractivity contribution in [2.24, 2.45) is 5.73 Å². The van der Waals surface area contributed by atoms with Crippen molar-refractivity contribution in [1.29, 1.82) is 0 Å². The summed E-state index contributed by atoms with van der Waals surface area (Å²) < 4.78 is 19.1. The van der Waals surface area contributed by atoms with E-state index in [0.717, 1.165) is 18.5 Å². The van der Waals surface area contributed by atoms with Gasteiger partial charge in [0, 0.05) is 23.7 Å². The highest BCUT2D eigenvalue weighted by molar-refractivity contribution is 5.36. The van der Waals surface area contributed by atoms with Crippen LogP contribution in [0.3, 0.4) is 0 Å². The molecule has 112 valence electrons. The van der Waals surface area contributed by atoms with Gasteiger partial charge < -0.3 is 15.4 Å². The fraction of sp³-hybridized carbons (Fsp3) is 0.625. The van der Waals surface area contributed by atoms with Crippen LogP contribution in [0.1, 0.15) is 44.2 Å². The highest BCUT2D eigenvalue weighted by atomic mass is 19.1. The molecule has 2 rings (SSSR count). The number of halogens is 1. The third-order valence-corrected chi connectivity index (χ3v) is 4.10. The second kappa shape index (κ2) is 7.04. The van der Waals surface area contributed by atoms with Crippen LogP contribution < -0.4 is 10.5 Å². The normalized spacial score (nSPS) is 21.7. The van der Waals surface area contributed by atoms with Crippen molar-refractivity contribution < 1.29 is 9.13 Å². The average molecular weight is 280 g/mol. The maximum atomic E-state index is 13.3. The summed E-state index contributed by atoms with van der Waals surface area (Å²) in [6, 6.07) is 5.00.